The van der Waals surface area contributed by atoms with Crippen molar-refractivity contribution in [3.8, 4) is 0 Å². The van der Waals surface area contributed by atoms with Crippen LogP contribution in [0.1, 0.15) is 25.7 Å². The molecule has 0 unspecified atom stereocenters. The highest BCUT2D eigenvalue weighted by atomic mass is 35.5. The van der Waals surface area contributed by atoms with Crippen molar-refractivity contribution in [3.05, 3.63) is 29.3 Å². The summed E-state index contributed by atoms with van der Waals surface area (Å²) in [6.07, 6.45) is 3.39. The van der Waals surface area contributed by atoms with Crippen LogP contribution in [0.3, 0.4) is 0 Å². The Morgan fingerprint density at radius 3 is 2.25 bits per heavy atom. The fourth-order valence-corrected chi connectivity index (χ4v) is 2.80. The first-order valence-electron chi connectivity index (χ1n) is 6.98. The van der Waals surface area contributed by atoms with E-state index < -0.39 is 5.41 Å². The summed E-state index contributed by atoms with van der Waals surface area (Å²) in [6.45, 7) is 1.57. The number of likely N-dealkylation sites (tertiary alicyclic amines) is 1. The van der Waals surface area contributed by atoms with Crippen LogP contribution in [0.15, 0.2) is 24.3 Å². The average Bonchev–Trinajstić information content (AvgIpc) is 3.08. The van der Waals surface area contributed by atoms with Crippen molar-refractivity contribution in [3.63, 3.8) is 0 Å². The fourth-order valence-electron chi connectivity index (χ4n) is 2.67. The van der Waals surface area contributed by atoms with Crippen molar-refractivity contribution < 1.29 is 9.59 Å². The molecule has 0 atom stereocenters. The van der Waals surface area contributed by atoms with Gasteiger partial charge in [-0.1, -0.05) is 11.6 Å². The van der Waals surface area contributed by atoms with E-state index in [4.69, 9.17) is 11.6 Å². The number of carbonyl (C=O) groups excluding carboxylic acids is 2. The molecule has 2 amide bonds. The van der Waals surface area contributed by atoms with Gasteiger partial charge in [0.25, 0.3) is 0 Å². The first-order valence-corrected chi connectivity index (χ1v) is 7.36. The molecule has 1 saturated heterocycles. The van der Waals surface area contributed by atoms with Crippen molar-refractivity contribution >= 4 is 29.1 Å². The molecule has 1 heterocycles. The minimum Gasteiger partial charge on any atom is -0.342 e. The van der Waals surface area contributed by atoms with Gasteiger partial charge in [-0.3, -0.25) is 9.59 Å². The number of carbonyl (C=O) groups is 2. The van der Waals surface area contributed by atoms with Crippen molar-refractivity contribution in [1.29, 1.82) is 0 Å². The number of anilines is 1. The van der Waals surface area contributed by atoms with Gasteiger partial charge in [0.2, 0.25) is 11.8 Å². The number of halogens is 1. The van der Waals surface area contributed by atoms with E-state index in [1.54, 1.807) is 24.3 Å². The van der Waals surface area contributed by atoms with E-state index in [-0.39, 0.29) is 11.8 Å². The Balaban J connectivity index is 1.69. The quantitative estimate of drug-likeness (QED) is 0.871. The van der Waals surface area contributed by atoms with Crippen LogP contribution in [0.4, 0.5) is 5.69 Å². The van der Waals surface area contributed by atoms with Crippen molar-refractivity contribution in [2.45, 2.75) is 25.7 Å². The molecule has 1 N–H and O–H groups in total. The third-order valence-electron chi connectivity index (χ3n) is 4.09. The van der Waals surface area contributed by atoms with E-state index in [1.807, 2.05) is 4.90 Å². The Labute approximate surface area is 123 Å². The van der Waals surface area contributed by atoms with E-state index in [0.29, 0.717) is 23.6 Å². The molecular weight excluding hydrogens is 276 g/mol. The lowest BCUT2D eigenvalue weighted by atomic mass is 10.0. The van der Waals surface area contributed by atoms with Crippen LogP contribution in [0.5, 0.6) is 0 Å². The Bertz CT molecular complexity index is 531. The largest absolute Gasteiger partial charge is 0.342 e. The van der Waals surface area contributed by atoms with Crippen LogP contribution in [-0.4, -0.2) is 29.8 Å². The average molecular weight is 293 g/mol. The van der Waals surface area contributed by atoms with Crippen LogP contribution in [-0.2, 0) is 9.59 Å². The van der Waals surface area contributed by atoms with Gasteiger partial charge in [-0.2, -0.15) is 0 Å². The number of rotatable bonds is 3. The molecule has 0 aromatic heterocycles. The summed E-state index contributed by atoms with van der Waals surface area (Å²) >= 11 is 5.81. The maximum atomic E-state index is 12.5. The number of nitrogens with one attached hydrogen (secondary N) is 1. The fraction of sp³-hybridized carbons (Fsp3) is 0.467. The molecule has 2 aliphatic rings. The molecule has 0 bridgehead atoms. The molecular formula is C15H17ClN2O2. The lowest BCUT2D eigenvalue weighted by Gasteiger charge is -2.22. The van der Waals surface area contributed by atoms with E-state index in [0.717, 1.165) is 25.9 Å². The predicted molar refractivity (Wildman–Crippen MR) is 77.6 cm³/mol. The van der Waals surface area contributed by atoms with Gasteiger partial charge in [0.15, 0.2) is 0 Å². The first kappa shape index (κ1) is 13.4. The molecule has 4 nitrogen and oxygen atoms in total. The van der Waals surface area contributed by atoms with E-state index >= 15 is 0 Å². The van der Waals surface area contributed by atoms with Crippen molar-refractivity contribution in [2.75, 3.05) is 18.4 Å². The molecule has 1 saturated carbocycles. The molecule has 1 aromatic carbocycles. The number of nitrogens with zero attached hydrogens (tertiary/aromatic N) is 1. The number of hydrogen-bond donors (Lipinski definition) is 1. The maximum absolute atomic E-state index is 12.5. The Kier molecular flexibility index (Phi) is 3.42. The van der Waals surface area contributed by atoms with Gasteiger partial charge in [0, 0.05) is 23.8 Å². The summed E-state index contributed by atoms with van der Waals surface area (Å²) in [4.78, 5) is 26.7. The summed E-state index contributed by atoms with van der Waals surface area (Å²) in [5, 5.41) is 3.45. The van der Waals surface area contributed by atoms with Gasteiger partial charge >= 0.3 is 0 Å². The Morgan fingerprint density at radius 2 is 1.70 bits per heavy atom. The van der Waals surface area contributed by atoms with Crippen molar-refractivity contribution in [1.82, 2.24) is 4.90 Å². The lowest BCUT2D eigenvalue weighted by Crippen LogP contribution is -2.41. The van der Waals surface area contributed by atoms with Gasteiger partial charge in [0.1, 0.15) is 5.41 Å². The molecule has 5 heteroatoms. The third kappa shape index (κ3) is 2.40. The molecule has 0 spiro atoms. The highest BCUT2D eigenvalue weighted by Crippen LogP contribution is 2.48. The first-order chi connectivity index (χ1) is 9.62. The zero-order valence-corrected chi connectivity index (χ0v) is 11.9. The Hall–Kier alpha value is -1.55. The second-order valence-electron chi connectivity index (χ2n) is 5.54. The van der Waals surface area contributed by atoms with Crippen LogP contribution >= 0.6 is 11.6 Å². The maximum Gasteiger partial charge on any atom is 0.240 e. The monoisotopic (exact) mass is 292 g/mol. The normalized spacial score (nSPS) is 19.8. The highest BCUT2D eigenvalue weighted by molar-refractivity contribution is 6.30. The number of hydrogen-bond acceptors (Lipinski definition) is 2. The van der Waals surface area contributed by atoms with E-state index in [1.165, 1.54) is 0 Å². The Morgan fingerprint density at radius 1 is 1.10 bits per heavy atom. The second-order valence-corrected chi connectivity index (χ2v) is 5.98. The lowest BCUT2D eigenvalue weighted by molar-refractivity contribution is -0.141. The smallest absolute Gasteiger partial charge is 0.240 e. The van der Waals surface area contributed by atoms with Crippen LogP contribution in [0.25, 0.3) is 0 Å². The molecule has 3 rings (SSSR count). The van der Waals surface area contributed by atoms with Crippen molar-refractivity contribution in [2.24, 2.45) is 5.41 Å². The second kappa shape index (κ2) is 5.09. The van der Waals surface area contributed by atoms with E-state index in [9.17, 15) is 9.59 Å². The minimum absolute atomic E-state index is 0.00136. The molecule has 1 aliphatic carbocycles. The van der Waals surface area contributed by atoms with Crippen LogP contribution in [0, 0.1) is 5.41 Å². The van der Waals surface area contributed by atoms with Crippen LogP contribution in [0.2, 0.25) is 5.02 Å². The molecule has 1 aromatic rings. The predicted octanol–water partition coefficient (Wildman–Crippen LogP) is 2.68. The van der Waals surface area contributed by atoms with Gasteiger partial charge in [-0.25, -0.2) is 0 Å². The van der Waals surface area contributed by atoms with Gasteiger partial charge in [-0.05, 0) is 49.9 Å². The molecule has 106 valence electrons. The summed E-state index contributed by atoms with van der Waals surface area (Å²) in [5.41, 5.74) is -0.135. The molecule has 1 aliphatic heterocycles. The van der Waals surface area contributed by atoms with E-state index in [2.05, 4.69) is 5.32 Å². The molecule has 20 heavy (non-hydrogen) atoms. The standard InChI is InChI=1S/C15H17ClN2O2/c16-11-3-5-12(6-4-11)17-13(19)15(7-8-15)14(20)18-9-1-2-10-18/h3-6H,1-2,7-10H2,(H,17,19). The summed E-state index contributed by atoms with van der Waals surface area (Å²) in [7, 11) is 0. The van der Waals surface area contributed by atoms with Crippen LogP contribution < -0.4 is 5.32 Å². The third-order valence-corrected chi connectivity index (χ3v) is 4.34. The highest BCUT2D eigenvalue weighted by Gasteiger charge is 2.58. The molecule has 2 fully saturated rings. The minimum atomic E-state index is -0.815. The van der Waals surface area contributed by atoms with Gasteiger partial charge in [0.05, 0.1) is 0 Å². The summed E-state index contributed by atoms with van der Waals surface area (Å²) in [5.74, 6) is -0.182. The number of amides is 2. The molecule has 0 radical (unpaired) electrons. The zero-order valence-electron chi connectivity index (χ0n) is 11.2. The van der Waals surface area contributed by atoms with Gasteiger partial charge < -0.3 is 10.2 Å². The van der Waals surface area contributed by atoms with Gasteiger partial charge in [-0.15, -0.1) is 0 Å². The SMILES string of the molecule is O=C(Nc1ccc(Cl)cc1)C1(C(=O)N2CCCC2)CC1. The summed E-state index contributed by atoms with van der Waals surface area (Å²) < 4.78 is 0. The summed E-state index contributed by atoms with van der Waals surface area (Å²) in [6, 6.07) is 6.94. The number of benzene rings is 1. The zero-order chi connectivity index (χ0) is 14.2. The topological polar surface area (TPSA) is 49.4 Å².